The first-order chi connectivity index (χ1) is 14.7. The number of aromatic nitrogens is 3. The number of hydrogen-bond donors (Lipinski definition) is 0. The highest BCUT2D eigenvalue weighted by atomic mass is 16.5. The maximum atomic E-state index is 5.95. The number of nitrogens with zero attached hydrogens (tertiary/aromatic N) is 3. The summed E-state index contributed by atoms with van der Waals surface area (Å²) in [5.41, 5.74) is 6.12. The smallest absolute Gasteiger partial charge is 0.213 e. The molecule has 3 aromatic heterocycles. The van der Waals surface area contributed by atoms with Crippen LogP contribution in [-0.2, 0) is 0 Å². The van der Waals surface area contributed by atoms with Gasteiger partial charge in [0.2, 0.25) is 5.88 Å². The van der Waals surface area contributed by atoms with Gasteiger partial charge < -0.3 is 9.47 Å². The number of rotatable bonds is 5. The molecule has 5 nitrogen and oxygen atoms in total. The van der Waals surface area contributed by atoms with Crippen LogP contribution in [-0.4, -0.2) is 26.1 Å². The van der Waals surface area contributed by atoms with E-state index in [1.165, 1.54) is 0 Å². The molecule has 0 saturated heterocycles. The molecule has 0 saturated carbocycles. The Kier molecular flexibility index (Phi) is 5.44. The summed E-state index contributed by atoms with van der Waals surface area (Å²) in [6.07, 6.45) is 6.01. The summed E-state index contributed by atoms with van der Waals surface area (Å²) >= 11 is 0. The summed E-state index contributed by atoms with van der Waals surface area (Å²) in [4.78, 5) is 9.08. The van der Waals surface area contributed by atoms with Gasteiger partial charge in [0.1, 0.15) is 17.0 Å². The van der Waals surface area contributed by atoms with E-state index >= 15 is 0 Å². The van der Waals surface area contributed by atoms with Gasteiger partial charge in [0, 0.05) is 35.2 Å². The van der Waals surface area contributed by atoms with Crippen LogP contribution in [0.2, 0.25) is 0 Å². The van der Waals surface area contributed by atoms with Gasteiger partial charge in [-0.05, 0) is 83.5 Å². The van der Waals surface area contributed by atoms with Gasteiger partial charge in [0.25, 0.3) is 0 Å². The van der Waals surface area contributed by atoms with Crippen LogP contribution in [0.3, 0.4) is 0 Å². The lowest BCUT2D eigenvalue weighted by Gasteiger charge is -2.21. The van der Waals surface area contributed by atoms with Crippen molar-refractivity contribution < 1.29 is 9.47 Å². The monoisotopic (exact) mass is 415 g/mol. The van der Waals surface area contributed by atoms with Gasteiger partial charge in [-0.25, -0.2) is 9.97 Å². The van der Waals surface area contributed by atoms with E-state index in [4.69, 9.17) is 9.47 Å². The second-order valence-corrected chi connectivity index (χ2v) is 9.03. The molecule has 0 amide bonds. The van der Waals surface area contributed by atoms with Gasteiger partial charge in [-0.2, -0.15) is 0 Å². The third-order valence-corrected chi connectivity index (χ3v) is 4.83. The highest BCUT2D eigenvalue weighted by molar-refractivity contribution is 5.72. The predicted molar refractivity (Wildman–Crippen MR) is 125 cm³/mol. The summed E-state index contributed by atoms with van der Waals surface area (Å²) < 4.78 is 13.7. The molecule has 0 aliphatic rings. The van der Waals surface area contributed by atoms with E-state index in [9.17, 15) is 0 Å². The second kappa shape index (κ2) is 8.06. The normalized spacial score (nSPS) is 11.8. The van der Waals surface area contributed by atoms with Crippen molar-refractivity contribution in [3.8, 4) is 34.0 Å². The third-order valence-electron chi connectivity index (χ3n) is 4.83. The van der Waals surface area contributed by atoms with Crippen LogP contribution < -0.4 is 9.47 Å². The van der Waals surface area contributed by atoms with Crippen LogP contribution in [0.5, 0.6) is 11.6 Å². The highest BCUT2D eigenvalue weighted by Crippen LogP contribution is 2.30. The molecule has 160 valence electrons. The zero-order valence-corrected chi connectivity index (χ0v) is 19.0. The molecule has 0 atom stereocenters. The number of ether oxygens (including phenoxy) is 2. The zero-order valence-electron chi connectivity index (χ0n) is 19.0. The maximum absolute atomic E-state index is 5.95. The van der Waals surface area contributed by atoms with Gasteiger partial charge >= 0.3 is 0 Å². The zero-order chi connectivity index (χ0) is 22.2. The molecule has 0 fully saturated rings. The van der Waals surface area contributed by atoms with Crippen molar-refractivity contribution in [2.75, 3.05) is 0 Å². The summed E-state index contributed by atoms with van der Waals surface area (Å²) in [5.74, 6) is 1.50. The van der Waals surface area contributed by atoms with Crippen molar-refractivity contribution in [3.05, 3.63) is 66.6 Å². The third kappa shape index (κ3) is 4.71. The van der Waals surface area contributed by atoms with Crippen LogP contribution in [0, 0.1) is 6.92 Å². The van der Waals surface area contributed by atoms with Crippen molar-refractivity contribution in [1.29, 1.82) is 0 Å². The first kappa shape index (κ1) is 20.9. The molecule has 0 radical (unpaired) electrons. The Hall–Kier alpha value is -3.34. The molecule has 0 bridgehead atoms. The molecule has 4 aromatic rings. The fourth-order valence-electron chi connectivity index (χ4n) is 3.53. The number of benzene rings is 1. The SMILES string of the molecule is Cc1cc2ncc(-c3ccc(OC(C)(C)C)cc3)n2cc1-c1ccc(OC(C)C)nc1. The number of pyridine rings is 2. The van der Waals surface area contributed by atoms with Crippen LogP contribution in [0.1, 0.15) is 40.2 Å². The Morgan fingerprint density at radius 2 is 1.61 bits per heavy atom. The van der Waals surface area contributed by atoms with E-state index in [1.54, 1.807) is 0 Å². The Morgan fingerprint density at radius 1 is 0.903 bits per heavy atom. The van der Waals surface area contributed by atoms with E-state index in [0.29, 0.717) is 5.88 Å². The van der Waals surface area contributed by atoms with E-state index < -0.39 is 0 Å². The number of aryl methyl sites for hydroxylation is 1. The first-order valence-corrected chi connectivity index (χ1v) is 10.6. The van der Waals surface area contributed by atoms with E-state index in [2.05, 4.69) is 45.7 Å². The standard InChI is InChI=1S/C26H29N3O2/c1-17(2)30-25-12-9-20(14-28-25)22-16-29-23(15-27-24(29)13-18(22)3)19-7-10-21(11-8-19)31-26(4,5)6/h7-17H,1-6H3. The minimum Gasteiger partial charge on any atom is -0.488 e. The summed E-state index contributed by atoms with van der Waals surface area (Å²) in [5, 5.41) is 0. The first-order valence-electron chi connectivity index (χ1n) is 10.6. The molecular weight excluding hydrogens is 386 g/mol. The topological polar surface area (TPSA) is 48.7 Å². The minimum atomic E-state index is -0.221. The minimum absolute atomic E-state index is 0.102. The largest absolute Gasteiger partial charge is 0.488 e. The fraction of sp³-hybridized carbons (Fsp3) is 0.308. The van der Waals surface area contributed by atoms with Crippen molar-refractivity contribution in [3.63, 3.8) is 0 Å². The lowest BCUT2D eigenvalue weighted by atomic mass is 10.0. The molecule has 0 aliphatic heterocycles. The molecular formula is C26H29N3O2. The lowest BCUT2D eigenvalue weighted by Crippen LogP contribution is -2.22. The quantitative estimate of drug-likeness (QED) is 0.382. The number of imidazole rings is 1. The molecule has 0 unspecified atom stereocenters. The average Bonchev–Trinajstić information content (AvgIpc) is 3.09. The van der Waals surface area contributed by atoms with Crippen LogP contribution in [0.15, 0.2) is 61.1 Å². The average molecular weight is 416 g/mol. The number of fused-ring (bicyclic) bond motifs is 1. The Balaban J connectivity index is 1.69. The molecule has 3 heterocycles. The Morgan fingerprint density at radius 3 is 2.23 bits per heavy atom. The highest BCUT2D eigenvalue weighted by Gasteiger charge is 2.14. The van der Waals surface area contributed by atoms with Gasteiger partial charge in [-0.3, -0.25) is 4.40 Å². The maximum Gasteiger partial charge on any atom is 0.213 e. The van der Waals surface area contributed by atoms with Crippen LogP contribution in [0.25, 0.3) is 28.0 Å². The molecule has 31 heavy (non-hydrogen) atoms. The van der Waals surface area contributed by atoms with Gasteiger partial charge in [0.05, 0.1) is 18.0 Å². The molecule has 1 aromatic carbocycles. The molecule has 0 aliphatic carbocycles. The molecule has 4 rings (SSSR count). The summed E-state index contributed by atoms with van der Waals surface area (Å²) in [7, 11) is 0. The Labute approximate surface area is 183 Å². The second-order valence-electron chi connectivity index (χ2n) is 9.03. The predicted octanol–water partition coefficient (Wildman–Crippen LogP) is 6.34. The lowest BCUT2D eigenvalue weighted by molar-refractivity contribution is 0.131. The van der Waals surface area contributed by atoms with Crippen LogP contribution >= 0.6 is 0 Å². The van der Waals surface area contributed by atoms with Crippen molar-refractivity contribution >= 4 is 5.65 Å². The van der Waals surface area contributed by atoms with Gasteiger partial charge in [-0.15, -0.1) is 0 Å². The summed E-state index contributed by atoms with van der Waals surface area (Å²) in [6.45, 7) is 12.2. The van der Waals surface area contributed by atoms with Crippen molar-refractivity contribution in [2.24, 2.45) is 0 Å². The molecule has 0 spiro atoms. The number of hydrogen-bond acceptors (Lipinski definition) is 4. The van der Waals surface area contributed by atoms with E-state index in [0.717, 1.165) is 39.3 Å². The summed E-state index contributed by atoms with van der Waals surface area (Å²) in [6, 6.07) is 14.2. The molecule has 0 N–H and O–H groups in total. The van der Waals surface area contributed by atoms with E-state index in [1.807, 2.05) is 71.3 Å². The Bertz CT molecular complexity index is 1180. The van der Waals surface area contributed by atoms with Crippen LogP contribution in [0.4, 0.5) is 0 Å². The van der Waals surface area contributed by atoms with Crippen molar-refractivity contribution in [2.45, 2.75) is 53.2 Å². The fourth-order valence-corrected chi connectivity index (χ4v) is 3.53. The molecule has 5 heteroatoms. The van der Waals surface area contributed by atoms with Crippen molar-refractivity contribution in [1.82, 2.24) is 14.4 Å². The van der Waals surface area contributed by atoms with E-state index in [-0.39, 0.29) is 11.7 Å². The van der Waals surface area contributed by atoms with Gasteiger partial charge in [-0.1, -0.05) is 0 Å². The van der Waals surface area contributed by atoms with Gasteiger partial charge in [0.15, 0.2) is 0 Å².